The van der Waals surface area contributed by atoms with Crippen molar-refractivity contribution in [3.05, 3.63) is 35.8 Å². The van der Waals surface area contributed by atoms with Gasteiger partial charge in [0.05, 0.1) is 10.9 Å². The van der Waals surface area contributed by atoms with Gasteiger partial charge in [-0.25, -0.2) is 8.78 Å². The van der Waals surface area contributed by atoms with Crippen LogP contribution in [-0.2, 0) is 0 Å². The number of hydrogen-bond acceptors (Lipinski definition) is 0. The first-order chi connectivity index (χ1) is 6.13. The summed E-state index contributed by atoms with van der Waals surface area (Å²) in [7, 11) is 0. The number of aromatic nitrogens is 1. The fourth-order valence-corrected chi connectivity index (χ4v) is 1.19. The van der Waals surface area contributed by atoms with E-state index in [1.807, 2.05) is 0 Å². The molecular weight excluding hydrogens is 186 g/mol. The number of nitrogens with zero attached hydrogens (tertiary/aromatic N) is 1. The SMILES string of the molecule is Fc1cccc2c1c(F)c(F)n2F. The zero-order valence-corrected chi connectivity index (χ0v) is 6.19. The molecule has 0 aliphatic heterocycles. The summed E-state index contributed by atoms with van der Waals surface area (Å²) >= 11 is 0. The molecule has 68 valence electrons. The lowest BCUT2D eigenvalue weighted by atomic mass is 10.2. The first kappa shape index (κ1) is 8.10. The molecule has 0 N–H and O–H groups in total. The molecule has 0 saturated heterocycles. The fourth-order valence-electron chi connectivity index (χ4n) is 1.19. The molecule has 1 aromatic carbocycles. The molecule has 0 amide bonds. The van der Waals surface area contributed by atoms with Crippen molar-refractivity contribution in [1.29, 1.82) is 0 Å². The molecule has 1 aromatic heterocycles. The van der Waals surface area contributed by atoms with Gasteiger partial charge in [0.2, 0.25) is 0 Å². The van der Waals surface area contributed by atoms with Crippen LogP contribution in [0.4, 0.5) is 17.7 Å². The van der Waals surface area contributed by atoms with Crippen LogP contribution >= 0.6 is 0 Å². The Hall–Kier alpha value is -1.52. The fraction of sp³-hybridized carbons (Fsp3) is 0. The molecule has 0 aliphatic carbocycles. The van der Waals surface area contributed by atoms with Gasteiger partial charge in [-0.2, -0.15) is 4.39 Å². The average Bonchev–Trinajstić information content (AvgIpc) is 2.33. The Bertz CT molecular complexity index is 474. The second-order valence-electron chi connectivity index (χ2n) is 2.52. The highest BCUT2D eigenvalue weighted by molar-refractivity contribution is 5.81. The molecule has 5 heteroatoms. The van der Waals surface area contributed by atoms with Crippen molar-refractivity contribution in [2.75, 3.05) is 0 Å². The standard InChI is InChI=1S/C8H3F4N/c9-4-2-1-3-5-6(4)7(10)8(11)13(5)12/h1-3H. The smallest absolute Gasteiger partial charge is 0.206 e. The maximum Gasteiger partial charge on any atom is 0.259 e. The minimum Gasteiger partial charge on any atom is -0.206 e. The second-order valence-corrected chi connectivity index (χ2v) is 2.52. The molecule has 0 spiro atoms. The van der Waals surface area contributed by atoms with Gasteiger partial charge in [-0.1, -0.05) is 10.5 Å². The largest absolute Gasteiger partial charge is 0.259 e. The predicted molar refractivity (Wildman–Crippen MR) is 38.3 cm³/mol. The Morgan fingerprint density at radius 1 is 1.08 bits per heavy atom. The van der Waals surface area contributed by atoms with Gasteiger partial charge in [-0.05, 0) is 12.1 Å². The molecule has 0 aliphatic rings. The maximum atomic E-state index is 12.9. The van der Waals surface area contributed by atoms with E-state index in [-0.39, 0.29) is 0 Å². The van der Waals surface area contributed by atoms with E-state index in [1.165, 1.54) is 6.07 Å². The number of halogens is 4. The monoisotopic (exact) mass is 189 g/mol. The molecule has 2 aromatic rings. The van der Waals surface area contributed by atoms with Crippen LogP contribution in [0.1, 0.15) is 0 Å². The summed E-state index contributed by atoms with van der Waals surface area (Å²) in [6.45, 7) is 0. The van der Waals surface area contributed by atoms with E-state index in [4.69, 9.17) is 0 Å². The zero-order chi connectivity index (χ0) is 9.59. The minimum atomic E-state index is -1.71. The zero-order valence-electron chi connectivity index (χ0n) is 6.19. The molecule has 0 bridgehead atoms. The summed E-state index contributed by atoms with van der Waals surface area (Å²) in [6, 6.07) is 3.20. The van der Waals surface area contributed by atoms with Gasteiger partial charge in [0.25, 0.3) is 5.95 Å². The predicted octanol–water partition coefficient (Wildman–Crippen LogP) is 2.79. The summed E-state index contributed by atoms with van der Waals surface area (Å²) in [4.78, 5) is -0.520. The normalized spacial score (nSPS) is 11.1. The van der Waals surface area contributed by atoms with E-state index in [0.717, 1.165) is 12.1 Å². The Morgan fingerprint density at radius 3 is 2.38 bits per heavy atom. The Balaban J connectivity index is 3.03. The van der Waals surface area contributed by atoms with Gasteiger partial charge in [0, 0.05) is 0 Å². The van der Waals surface area contributed by atoms with Crippen LogP contribution in [0.3, 0.4) is 0 Å². The van der Waals surface area contributed by atoms with Crippen LogP contribution in [0.25, 0.3) is 10.9 Å². The van der Waals surface area contributed by atoms with Crippen LogP contribution in [0.15, 0.2) is 18.2 Å². The molecule has 0 fully saturated rings. The number of hydrogen-bond donors (Lipinski definition) is 0. The quantitative estimate of drug-likeness (QED) is 0.561. The molecular formula is C8H3F4N. The number of fused-ring (bicyclic) bond motifs is 1. The third-order valence-electron chi connectivity index (χ3n) is 1.78. The van der Waals surface area contributed by atoms with E-state index in [2.05, 4.69) is 0 Å². The molecule has 1 heterocycles. The topological polar surface area (TPSA) is 4.93 Å². The highest BCUT2D eigenvalue weighted by Crippen LogP contribution is 2.25. The van der Waals surface area contributed by atoms with Crippen molar-refractivity contribution in [3.8, 4) is 0 Å². The maximum absolute atomic E-state index is 12.9. The minimum absolute atomic E-state index is 0.449. The lowest BCUT2D eigenvalue weighted by Gasteiger charge is -1.91. The lowest BCUT2D eigenvalue weighted by Crippen LogP contribution is -1.85. The van der Waals surface area contributed by atoms with E-state index in [0.29, 0.717) is 0 Å². The van der Waals surface area contributed by atoms with Gasteiger partial charge in [-0.15, -0.1) is 4.79 Å². The Labute approximate surface area is 70.1 Å². The van der Waals surface area contributed by atoms with Crippen molar-refractivity contribution in [2.24, 2.45) is 0 Å². The summed E-state index contributed by atoms with van der Waals surface area (Å²) in [5.41, 5.74) is -0.449. The summed E-state index contributed by atoms with van der Waals surface area (Å²) < 4.78 is 51.0. The third kappa shape index (κ3) is 0.929. The molecule has 2 rings (SSSR count). The first-order valence-corrected chi connectivity index (χ1v) is 3.43. The van der Waals surface area contributed by atoms with Gasteiger partial charge >= 0.3 is 0 Å². The second kappa shape index (κ2) is 2.48. The molecule has 13 heavy (non-hydrogen) atoms. The first-order valence-electron chi connectivity index (χ1n) is 3.43. The van der Waals surface area contributed by atoms with Crippen molar-refractivity contribution >= 4 is 10.9 Å². The van der Waals surface area contributed by atoms with Crippen LogP contribution < -0.4 is 0 Å². The van der Waals surface area contributed by atoms with Gasteiger partial charge in [-0.3, -0.25) is 0 Å². The van der Waals surface area contributed by atoms with Crippen LogP contribution in [0, 0.1) is 17.6 Å². The van der Waals surface area contributed by atoms with Crippen LogP contribution in [-0.4, -0.2) is 4.79 Å². The molecule has 0 radical (unpaired) electrons. The molecule has 1 nitrogen and oxygen atoms in total. The molecule has 0 unspecified atom stereocenters. The van der Waals surface area contributed by atoms with Crippen molar-refractivity contribution in [3.63, 3.8) is 0 Å². The summed E-state index contributed by atoms with van der Waals surface area (Å²) in [5.74, 6) is -4.19. The van der Waals surface area contributed by atoms with Crippen LogP contribution in [0.2, 0.25) is 0 Å². The molecule has 0 atom stereocenters. The van der Waals surface area contributed by atoms with E-state index in [9.17, 15) is 17.7 Å². The highest BCUT2D eigenvalue weighted by atomic mass is 19.2. The van der Waals surface area contributed by atoms with E-state index >= 15 is 0 Å². The van der Waals surface area contributed by atoms with Gasteiger partial charge in [0.15, 0.2) is 5.82 Å². The number of benzene rings is 1. The van der Waals surface area contributed by atoms with E-state index < -0.39 is 33.3 Å². The lowest BCUT2D eigenvalue weighted by molar-refractivity contribution is 0.297. The summed E-state index contributed by atoms with van der Waals surface area (Å²) in [5, 5.41) is -0.664. The van der Waals surface area contributed by atoms with Gasteiger partial charge < -0.3 is 0 Å². The average molecular weight is 189 g/mol. The Kier molecular flexibility index (Phi) is 1.55. The molecule has 0 saturated carbocycles. The summed E-state index contributed by atoms with van der Waals surface area (Å²) in [6.07, 6.45) is 0. The van der Waals surface area contributed by atoms with Gasteiger partial charge in [0.1, 0.15) is 5.82 Å². The van der Waals surface area contributed by atoms with Crippen LogP contribution in [0.5, 0.6) is 0 Å². The Morgan fingerprint density at radius 2 is 1.77 bits per heavy atom. The highest BCUT2D eigenvalue weighted by Gasteiger charge is 2.19. The third-order valence-corrected chi connectivity index (χ3v) is 1.78. The number of rotatable bonds is 0. The van der Waals surface area contributed by atoms with E-state index in [1.54, 1.807) is 0 Å². The van der Waals surface area contributed by atoms with Crippen molar-refractivity contribution in [2.45, 2.75) is 0 Å². The van der Waals surface area contributed by atoms with Crippen molar-refractivity contribution < 1.29 is 17.7 Å². The van der Waals surface area contributed by atoms with Crippen molar-refractivity contribution in [1.82, 2.24) is 4.79 Å².